The quantitative estimate of drug-likeness (QED) is 0.580. The number of morpholine rings is 1. The Kier molecular flexibility index (Phi) is 9.57. The number of nitrogens with one attached hydrogen (secondary N) is 2. The Morgan fingerprint density at radius 2 is 1.81 bits per heavy atom. The zero-order valence-electron chi connectivity index (χ0n) is 19.8. The maximum absolute atomic E-state index is 13.3. The number of piperidine rings is 1. The first kappa shape index (κ1) is 25.4. The van der Waals surface area contributed by atoms with E-state index >= 15 is 0 Å². The normalized spacial score (nSPS) is 20.5. The molecule has 2 saturated heterocycles. The molecule has 176 valence electrons. The van der Waals surface area contributed by atoms with Gasteiger partial charge in [0, 0.05) is 26.2 Å². The van der Waals surface area contributed by atoms with Gasteiger partial charge in [-0.1, -0.05) is 34.1 Å². The first-order chi connectivity index (χ1) is 14.7. The Morgan fingerprint density at radius 1 is 1.16 bits per heavy atom. The molecule has 0 aliphatic carbocycles. The Bertz CT molecular complexity index is 632. The van der Waals surface area contributed by atoms with Gasteiger partial charge < -0.3 is 25.2 Å². The van der Waals surface area contributed by atoms with Gasteiger partial charge >= 0.3 is 6.03 Å². The lowest BCUT2D eigenvalue weighted by atomic mass is 9.83. The highest BCUT2D eigenvalue weighted by Gasteiger charge is 2.38. The van der Waals surface area contributed by atoms with E-state index in [0.717, 1.165) is 38.9 Å². The minimum absolute atomic E-state index is 0.0840. The second-order valence-corrected chi connectivity index (χ2v) is 9.68. The Balaban J connectivity index is 2.05. The minimum atomic E-state index is -0.858. The summed E-state index contributed by atoms with van der Waals surface area (Å²) >= 11 is 0. The number of hydrogen-bond donors (Lipinski definition) is 2. The van der Waals surface area contributed by atoms with Gasteiger partial charge in [0.05, 0.1) is 19.3 Å². The maximum Gasteiger partial charge on any atom is 0.318 e. The maximum atomic E-state index is 13.3. The first-order valence-corrected chi connectivity index (χ1v) is 11.8. The number of nitriles is 1. The summed E-state index contributed by atoms with van der Waals surface area (Å²) in [5.41, 5.74) is -0.774. The van der Waals surface area contributed by atoms with E-state index in [-0.39, 0.29) is 17.4 Å². The van der Waals surface area contributed by atoms with Gasteiger partial charge in [0.25, 0.3) is 0 Å². The molecule has 2 heterocycles. The molecule has 2 rings (SSSR count). The molecule has 0 bridgehead atoms. The summed E-state index contributed by atoms with van der Waals surface area (Å²) in [4.78, 5) is 30.1. The van der Waals surface area contributed by atoms with E-state index in [0.29, 0.717) is 45.6 Å². The summed E-state index contributed by atoms with van der Waals surface area (Å²) in [6.45, 7) is 13.3. The number of hydrogen-bond acceptors (Lipinski definition) is 5. The third kappa shape index (κ3) is 7.65. The number of urea groups is 1. The van der Waals surface area contributed by atoms with Crippen LogP contribution < -0.4 is 10.6 Å². The van der Waals surface area contributed by atoms with Crippen molar-refractivity contribution in [3.05, 3.63) is 0 Å². The molecule has 2 aliphatic rings. The van der Waals surface area contributed by atoms with E-state index in [1.165, 1.54) is 0 Å². The van der Waals surface area contributed by atoms with Crippen molar-refractivity contribution in [2.75, 3.05) is 45.9 Å². The molecular weight excluding hydrogens is 394 g/mol. The van der Waals surface area contributed by atoms with E-state index < -0.39 is 11.6 Å². The Morgan fingerprint density at radius 3 is 2.35 bits per heavy atom. The van der Waals surface area contributed by atoms with E-state index in [2.05, 4.69) is 49.3 Å². The molecular formula is C23H41N5O3. The van der Waals surface area contributed by atoms with E-state index in [9.17, 15) is 14.9 Å². The summed E-state index contributed by atoms with van der Waals surface area (Å²) in [6, 6.07) is 1.48. The molecule has 2 fully saturated rings. The van der Waals surface area contributed by atoms with E-state index in [4.69, 9.17) is 4.74 Å². The molecule has 0 radical (unpaired) electrons. The zero-order valence-corrected chi connectivity index (χ0v) is 19.8. The molecule has 0 spiro atoms. The average Bonchev–Trinajstić information content (AvgIpc) is 2.78. The summed E-state index contributed by atoms with van der Waals surface area (Å²) in [7, 11) is 0. The van der Waals surface area contributed by atoms with E-state index in [1.54, 1.807) is 4.90 Å². The number of likely N-dealkylation sites (tertiary alicyclic amines) is 1. The summed E-state index contributed by atoms with van der Waals surface area (Å²) in [5, 5.41) is 15.8. The molecule has 8 nitrogen and oxygen atoms in total. The number of nitrogens with zero attached hydrogens (tertiary/aromatic N) is 3. The molecule has 1 unspecified atom stereocenters. The van der Waals surface area contributed by atoms with Crippen molar-refractivity contribution in [3.63, 3.8) is 0 Å². The fourth-order valence-corrected chi connectivity index (χ4v) is 4.05. The van der Waals surface area contributed by atoms with Crippen molar-refractivity contribution in [1.29, 1.82) is 5.26 Å². The van der Waals surface area contributed by atoms with Crippen molar-refractivity contribution in [3.8, 4) is 6.07 Å². The highest BCUT2D eigenvalue weighted by atomic mass is 16.5. The van der Waals surface area contributed by atoms with Crippen molar-refractivity contribution in [2.45, 2.75) is 77.8 Å². The van der Waals surface area contributed by atoms with Gasteiger partial charge in [-0.05, 0) is 44.1 Å². The Labute approximate surface area is 187 Å². The largest absolute Gasteiger partial charge is 0.378 e. The standard InChI is InChI=1S/C23H41N5O3/c1-5-11-27-12-9-23(18-24,10-13-27)26-20(29)19(7-8-22(3,4)6-2)25-21(30)28-14-16-31-17-15-28/h19H,5-17H2,1-4H3,(H,25,30)(H,26,29). The predicted molar refractivity (Wildman–Crippen MR) is 120 cm³/mol. The van der Waals surface area contributed by atoms with Gasteiger partial charge in [-0.3, -0.25) is 4.79 Å². The van der Waals surface area contributed by atoms with Crippen LogP contribution in [0.3, 0.4) is 0 Å². The molecule has 0 saturated carbocycles. The van der Waals surface area contributed by atoms with Crippen molar-refractivity contribution in [2.24, 2.45) is 5.41 Å². The zero-order chi connectivity index (χ0) is 22.9. The number of carbonyl (C=O) groups excluding carboxylic acids is 2. The third-order valence-corrected chi connectivity index (χ3v) is 6.81. The monoisotopic (exact) mass is 435 g/mol. The summed E-state index contributed by atoms with van der Waals surface area (Å²) < 4.78 is 5.32. The number of amides is 3. The van der Waals surface area contributed by atoms with Crippen LogP contribution >= 0.6 is 0 Å². The van der Waals surface area contributed by atoms with Gasteiger partial charge in [0.2, 0.25) is 5.91 Å². The van der Waals surface area contributed by atoms with Crippen LogP contribution in [-0.4, -0.2) is 79.3 Å². The lowest BCUT2D eigenvalue weighted by Crippen LogP contribution is -2.60. The van der Waals surface area contributed by atoms with Crippen molar-refractivity contribution < 1.29 is 14.3 Å². The molecule has 0 aromatic heterocycles. The van der Waals surface area contributed by atoms with Crippen LogP contribution in [0.4, 0.5) is 4.79 Å². The van der Waals surface area contributed by atoms with Crippen LogP contribution in [0.5, 0.6) is 0 Å². The molecule has 3 amide bonds. The lowest BCUT2D eigenvalue weighted by molar-refractivity contribution is -0.125. The second kappa shape index (κ2) is 11.7. The lowest BCUT2D eigenvalue weighted by Gasteiger charge is -2.38. The smallest absolute Gasteiger partial charge is 0.318 e. The molecule has 0 aromatic rings. The van der Waals surface area contributed by atoms with Crippen LogP contribution in [0.25, 0.3) is 0 Å². The van der Waals surface area contributed by atoms with Gasteiger partial charge in [-0.15, -0.1) is 0 Å². The highest BCUT2D eigenvalue weighted by molar-refractivity contribution is 5.87. The first-order valence-electron chi connectivity index (χ1n) is 11.8. The topological polar surface area (TPSA) is 97.7 Å². The Hall–Kier alpha value is -1.85. The fourth-order valence-electron chi connectivity index (χ4n) is 4.05. The average molecular weight is 436 g/mol. The van der Waals surface area contributed by atoms with Gasteiger partial charge in [0.1, 0.15) is 11.6 Å². The fraction of sp³-hybridized carbons (Fsp3) is 0.870. The summed E-state index contributed by atoms with van der Waals surface area (Å²) in [6.07, 6.45) is 4.66. The van der Waals surface area contributed by atoms with Crippen LogP contribution in [0.1, 0.15) is 66.2 Å². The van der Waals surface area contributed by atoms with Crippen molar-refractivity contribution >= 4 is 11.9 Å². The van der Waals surface area contributed by atoms with Crippen molar-refractivity contribution in [1.82, 2.24) is 20.4 Å². The number of rotatable bonds is 9. The molecule has 2 N–H and O–H groups in total. The minimum Gasteiger partial charge on any atom is -0.378 e. The van der Waals surface area contributed by atoms with Crippen LogP contribution in [0, 0.1) is 16.7 Å². The van der Waals surface area contributed by atoms with Gasteiger partial charge in [0.15, 0.2) is 0 Å². The molecule has 1 atom stereocenters. The van der Waals surface area contributed by atoms with Crippen LogP contribution in [0.2, 0.25) is 0 Å². The molecule has 0 aromatic carbocycles. The molecule has 31 heavy (non-hydrogen) atoms. The molecule has 8 heteroatoms. The second-order valence-electron chi connectivity index (χ2n) is 9.68. The summed E-state index contributed by atoms with van der Waals surface area (Å²) in [5.74, 6) is -0.251. The predicted octanol–water partition coefficient (Wildman–Crippen LogP) is 2.50. The van der Waals surface area contributed by atoms with Gasteiger partial charge in [-0.25, -0.2) is 4.79 Å². The van der Waals surface area contributed by atoms with Gasteiger partial charge in [-0.2, -0.15) is 5.26 Å². The highest BCUT2D eigenvalue weighted by Crippen LogP contribution is 2.27. The number of carbonyl (C=O) groups is 2. The third-order valence-electron chi connectivity index (χ3n) is 6.81. The van der Waals surface area contributed by atoms with Crippen LogP contribution in [0.15, 0.2) is 0 Å². The van der Waals surface area contributed by atoms with Crippen LogP contribution in [-0.2, 0) is 9.53 Å². The van der Waals surface area contributed by atoms with E-state index in [1.807, 2.05) is 0 Å². The number of ether oxygens (including phenoxy) is 1. The SMILES string of the molecule is CCCN1CCC(C#N)(NC(=O)C(CCC(C)(C)CC)NC(=O)N2CCOCC2)CC1. The molecule has 2 aliphatic heterocycles.